The predicted octanol–water partition coefficient (Wildman–Crippen LogP) is 2.35. The van der Waals surface area contributed by atoms with Gasteiger partial charge in [0.15, 0.2) is 0 Å². The van der Waals surface area contributed by atoms with Gasteiger partial charge in [-0.05, 0) is 48.6 Å². The molecule has 124 valence electrons. The third-order valence-corrected chi connectivity index (χ3v) is 5.81. The van der Waals surface area contributed by atoms with Gasteiger partial charge in [-0.25, -0.2) is 13.1 Å². The molecule has 0 aliphatic heterocycles. The van der Waals surface area contributed by atoms with Gasteiger partial charge in [0.25, 0.3) is 0 Å². The summed E-state index contributed by atoms with van der Waals surface area (Å²) in [4.78, 5) is 13.0. The number of sulfonamides is 1. The largest absolute Gasteiger partial charge is 0.351 e. The van der Waals surface area contributed by atoms with E-state index in [4.69, 9.17) is 0 Å². The van der Waals surface area contributed by atoms with Gasteiger partial charge < -0.3 is 5.32 Å². The number of benzene rings is 1. The average Bonchev–Trinajstić information content (AvgIpc) is 3.01. The molecule has 1 aromatic carbocycles. The van der Waals surface area contributed by atoms with Crippen LogP contribution in [0.15, 0.2) is 40.6 Å². The number of rotatable bonds is 7. The molecule has 0 fully saturated rings. The molecular formula is C16H20N2O3S2. The van der Waals surface area contributed by atoms with Crippen molar-refractivity contribution in [3.05, 3.63) is 51.7 Å². The Balaban J connectivity index is 1.82. The first-order valence-corrected chi connectivity index (χ1v) is 9.61. The van der Waals surface area contributed by atoms with Crippen LogP contribution in [-0.4, -0.2) is 20.9 Å². The first-order chi connectivity index (χ1) is 10.9. The van der Waals surface area contributed by atoms with Crippen molar-refractivity contribution in [2.45, 2.75) is 31.7 Å². The Morgan fingerprint density at radius 2 is 1.96 bits per heavy atom. The second kappa shape index (κ2) is 7.72. The van der Waals surface area contributed by atoms with E-state index < -0.39 is 10.0 Å². The molecule has 1 aromatic heterocycles. The molecule has 2 aromatic rings. The van der Waals surface area contributed by atoms with Gasteiger partial charge in [0.2, 0.25) is 15.9 Å². The maximum absolute atomic E-state index is 12.2. The summed E-state index contributed by atoms with van der Waals surface area (Å²) in [5, 5.41) is 4.71. The third kappa shape index (κ3) is 5.16. The third-order valence-electron chi connectivity index (χ3n) is 3.47. The van der Waals surface area contributed by atoms with Crippen LogP contribution in [0.4, 0.5) is 0 Å². The molecule has 2 rings (SSSR count). The van der Waals surface area contributed by atoms with Crippen LogP contribution in [0.5, 0.6) is 0 Å². The molecular weight excluding hydrogens is 332 g/mol. The zero-order valence-electron chi connectivity index (χ0n) is 13.1. The number of carbonyl (C=O) groups excluding carboxylic acids is 1. The summed E-state index contributed by atoms with van der Waals surface area (Å²) in [6.07, 6.45) is 0.107. The molecule has 0 saturated heterocycles. The summed E-state index contributed by atoms with van der Waals surface area (Å²) in [5.74, 6) is -0.179. The molecule has 1 heterocycles. The van der Waals surface area contributed by atoms with Crippen LogP contribution in [0.1, 0.15) is 22.4 Å². The summed E-state index contributed by atoms with van der Waals surface area (Å²) >= 11 is 1.57. The molecule has 0 aliphatic carbocycles. The Hall–Kier alpha value is -1.70. The summed E-state index contributed by atoms with van der Waals surface area (Å²) in [7, 11) is -3.58. The molecule has 1 amide bonds. The maximum Gasteiger partial charge on any atom is 0.240 e. The monoisotopic (exact) mass is 352 g/mol. The Labute approximate surface area is 140 Å². The molecule has 7 heteroatoms. The average molecular weight is 352 g/mol. The van der Waals surface area contributed by atoms with Gasteiger partial charge in [-0.3, -0.25) is 4.79 Å². The van der Waals surface area contributed by atoms with Crippen molar-refractivity contribution in [1.29, 1.82) is 0 Å². The lowest BCUT2D eigenvalue weighted by Gasteiger charge is -2.09. The highest BCUT2D eigenvalue weighted by Crippen LogP contribution is 2.14. The number of aryl methyl sites for hydroxylation is 2. The van der Waals surface area contributed by atoms with Gasteiger partial charge in [0, 0.05) is 17.8 Å². The molecule has 0 bridgehead atoms. The van der Waals surface area contributed by atoms with Crippen molar-refractivity contribution in [1.82, 2.24) is 10.0 Å². The van der Waals surface area contributed by atoms with E-state index in [1.807, 2.05) is 31.4 Å². The van der Waals surface area contributed by atoms with Crippen LogP contribution in [0.3, 0.4) is 0 Å². The Bertz CT molecular complexity index is 769. The lowest BCUT2D eigenvalue weighted by Crippen LogP contribution is -2.30. The van der Waals surface area contributed by atoms with E-state index in [9.17, 15) is 13.2 Å². The van der Waals surface area contributed by atoms with E-state index in [2.05, 4.69) is 10.0 Å². The van der Waals surface area contributed by atoms with E-state index in [0.717, 1.165) is 16.0 Å². The topological polar surface area (TPSA) is 75.3 Å². The van der Waals surface area contributed by atoms with Crippen molar-refractivity contribution in [3.8, 4) is 0 Å². The van der Waals surface area contributed by atoms with Crippen LogP contribution in [0.25, 0.3) is 0 Å². The molecule has 5 nitrogen and oxygen atoms in total. The summed E-state index contributed by atoms with van der Waals surface area (Å²) in [6.45, 7) is 4.34. The number of hydrogen-bond acceptors (Lipinski definition) is 4. The molecule has 0 atom stereocenters. The first kappa shape index (κ1) is 17.7. The van der Waals surface area contributed by atoms with Crippen molar-refractivity contribution < 1.29 is 13.2 Å². The van der Waals surface area contributed by atoms with Gasteiger partial charge in [-0.2, -0.15) is 0 Å². The summed E-state index contributed by atoms with van der Waals surface area (Å²) in [5.41, 5.74) is 1.96. The molecule has 23 heavy (non-hydrogen) atoms. The molecule has 0 radical (unpaired) electrons. The maximum atomic E-state index is 12.2. The van der Waals surface area contributed by atoms with Crippen LogP contribution in [-0.2, 0) is 21.4 Å². The lowest BCUT2D eigenvalue weighted by atomic mass is 10.1. The smallest absolute Gasteiger partial charge is 0.240 e. The molecule has 0 aliphatic rings. The van der Waals surface area contributed by atoms with Crippen molar-refractivity contribution in [3.63, 3.8) is 0 Å². The fourth-order valence-corrected chi connectivity index (χ4v) is 3.71. The van der Waals surface area contributed by atoms with E-state index in [1.54, 1.807) is 29.5 Å². The predicted molar refractivity (Wildman–Crippen MR) is 91.9 cm³/mol. The van der Waals surface area contributed by atoms with E-state index >= 15 is 0 Å². The highest BCUT2D eigenvalue weighted by atomic mass is 32.2. The molecule has 0 spiro atoms. The normalized spacial score (nSPS) is 11.4. The van der Waals surface area contributed by atoms with Gasteiger partial charge >= 0.3 is 0 Å². The van der Waals surface area contributed by atoms with Gasteiger partial charge in [-0.1, -0.05) is 12.1 Å². The van der Waals surface area contributed by atoms with Gasteiger partial charge in [0.1, 0.15) is 0 Å². The number of amides is 1. The SMILES string of the molecule is Cc1ccc(S(=O)(=O)NCCC(=O)NCc2cccs2)cc1C. The van der Waals surface area contributed by atoms with Crippen LogP contribution in [0.2, 0.25) is 0 Å². The Morgan fingerprint density at radius 1 is 1.17 bits per heavy atom. The van der Waals surface area contributed by atoms with Crippen molar-refractivity contribution in [2.24, 2.45) is 0 Å². The van der Waals surface area contributed by atoms with E-state index in [1.165, 1.54) is 0 Å². The minimum absolute atomic E-state index is 0.0749. The number of thiophene rings is 1. The van der Waals surface area contributed by atoms with Crippen molar-refractivity contribution in [2.75, 3.05) is 6.54 Å². The summed E-state index contributed by atoms with van der Waals surface area (Å²) in [6, 6.07) is 8.84. The highest BCUT2D eigenvalue weighted by molar-refractivity contribution is 7.89. The minimum atomic E-state index is -3.58. The van der Waals surface area contributed by atoms with Crippen LogP contribution in [0, 0.1) is 13.8 Å². The first-order valence-electron chi connectivity index (χ1n) is 7.24. The Morgan fingerprint density at radius 3 is 2.61 bits per heavy atom. The molecule has 2 N–H and O–H groups in total. The van der Waals surface area contributed by atoms with Crippen molar-refractivity contribution >= 4 is 27.3 Å². The minimum Gasteiger partial charge on any atom is -0.351 e. The quantitative estimate of drug-likeness (QED) is 0.803. The van der Waals surface area contributed by atoms with Gasteiger partial charge in [0.05, 0.1) is 11.4 Å². The van der Waals surface area contributed by atoms with Crippen LogP contribution < -0.4 is 10.0 Å². The van der Waals surface area contributed by atoms with E-state index in [0.29, 0.717) is 6.54 Å². The molecule has 0 saturated carbocycles. The second-order valence-electron chi connectivity index (χ2n) is 5.25. The standard InChI is InChI=1S/C16H20N2O3S2/c1-12-5-6-15(10-13(12)2)23(20,21)18-8-7-16(19)17-11-14-4-3-9-22-14/h3-6,9-10,18H,7-8,11H2,1-2H3,(H,17,19). The highest BCUT2D eigenvalue weighted by Gasteiger charge is 2.14. The second-order valence-corrected chi connectivity index (χ2v) is 8.05. The molecule has 0 unspecified atom stereocenters. The van der Waals surface area contributed by atoms with Gasteiger partial charge in [-0.15, -0.1) is 11.3 Å². The zero-order chi connectivity index (χ0) is 16.9. The zero-order valence-corrected chi connectivity index (χ0v) is 14.8. The lowest BCUT2D eigenvalue weighted by molar-refractivity contribution is -0.121. The van der Waals surface area contributed by atoms with E-state index in [-0.39, 0.29) is 23.8 Å². The number of hydrogen-bond donors (Lipinski definition) is 2. The number of nitrogens with one attached hydrogen (secondary N) is 2. The fraction of sp³-hybridized carbons (Fsp3) is 0.312. The number of carbonyl (C=O) groups is 1. The Kier molecular flexibility index (Phi) is 5.92. The van der Waals surface area contributed by atoms with Crippen LogP contribution >= 0.6 is 11.3 Å². The fourth-order valence-electron chi connectivity index (χ4n) is 1.95. The summed E-state index contributed by atoms with van der Waals surface area (Å²) < 4.78 is 26.8.